The van der Waals surface area contributed by atoms with E-state index in [2.05, 4.69) is 20.8 Å². The van der Waals surface area contributed by atoms with E-state index >= 15 is 0 Å². The zero-order chi connectivity index (χ0) is 10.6. The van der Waals surface area contributed by atoms with Crippen molar-refractivity contribution < 1.29 is 4.74 Å². The number of unbranched alkanes of at least 4 members (excludes halogenated alkanes) is 3. The molecular formula is C13H26O. The molecule has 0 radical (unpaired) electrons. The Hall–Kier alpha value is -0.460. The van der Waals surface area contributed by atoms with Gasteiger partial charge >= 0.3 is 0 Å². The van der Waals surface area contributed by atoms with E-state index in [1.54, 1.807) is 0 Å². The first-order chi connectivity index (χ1) is 6.85. The topological polar surface area (TPSA) is 9.23 Å². The second-order valence-electron chi connectivity index (χ2n) is 3.81. The fraction of sp³-hybridized carbons (Fsp3) is 0.846. The van der Waals surface area contributed by atoms with Crippen LogP contribution in [0.25, 0.3) is 0 Å². The largest absolute Gasteiger partial charge is 0.501 e. The third-order valence-corrected chi connectivity index (χ3v) is 2.42. The fourth-order valence-electron chi connectivity index (χ4n) is 1.34. The van der Waals surface area contributed by atoms with Crippen molar-refractivity contribution in [1.29, 1.82) is 0 Å². The molecule has 0 aromatic carbocycles. The van der Waals surface area contributed by atoms with Crippen molar-refractivity contribution in [3.8, 4) is 0 Å². The van der Waals surface area contributed by atoms with E-state index < -0.39 is 0 Å². The van der Waals surface area contributed by atoms with E-state index in [9.17, 15) is 0 Å². The number of rotatable bonds is 9. The molecule has 0 unspecified atom stereocenters. The molecule has 0 spiro atoms. The Bertz CT molecular complexity index is 138. The van der Waals surface area contributed by atoms with Gasteiger partial charge in [-0.05, 0) is 31.3 Å². The Morgan fingerprint density at radius 1 is 1.00 bits per heavy atom. The SMILES string of the molecule is CCCCCOC=C(CC)CCCC. The lowest BCUT2D eigenvalue weighted by molar-refractivity contribution is 0.237. The summed E-state index contributed by atoms with van der Waals surface area (Å²) in [5.41, 5.74) is 1.46. The van der Waals surface area contributed by atoms with Crippen molar-refractivity contribution in [2.75, 3.05) is 6.61 Å². The average Bonchev–Trinajstić information content (AvgIpc) is 2.22. The molecule has 1 heteroatoms. The van der Waals surface area contributed by atoms with Crippen LogP contribution in [0.3, 0.4) is 0 Å². The summed E-state index contributed by atoms with van der Waals surface area (Å²) in [5.74, 6) is 0. The molecule has 0 fully saturated rings. The summed E-state index contributed by atoms with van der Waals surface area (Å²) in [7, 11) is 0. The van der Waals surface area contributed by atoms with Gasteiger partial charge in [0.15, 0.2) is 0 Å². The lowest BCUT2D eigenvalue weighted by Gasteiger charge is -2.05. The number of hydrogen-bond acceptors (Lipinski definition) is 1. The van der Waals surface area contributed by atoms with Crippen LogP contribution in [-0.4, -0.2) is 6.61 Å². The molecule has 0 atom stereocenters. The van der Waals surface area contributed by atoms with Crippen LogP contribution in [0.5, 0.6) is 0 Å². The molecule has 1 nitrogen and oxygen atoms in total. The Balaban J connectivity index is 3.48. The Morgan fingerprint density at radius 2 is 1.71 bits per heavy atom. The van der Waals surface area contributed by atoms with E-state index in [0.717, 1.165) is 13.0 Å². The summed E-state index contributed by atoms with van der Waals surface area (Å²) in [4.78, 5) is 0. The maximum absolute atomic E-state index is 5.52. The quantitative estimate of drug-likeness (QED) is 0.386. The van der Waals surface area contributed by atoms with Crippen molar-refractivity contribution in [3.05, 3.63) is 11.8 Å². The molecule has 0 amide bonds. The molecule has 14 heavy (non-hydrogen) atoms. The molecule has 0 aromatic rings. The molecule has 0 heterocycles. The second-order valence-corrected chi connectivity index (χ2v) is 3.81. The molecule has 0 saturated carbocycles. The van der Waals surface area contributed by atoms with Crippen LogP contribution in [0.4, 0.5) is 0 Å². The molecule has 0 bridgehead atoms. The maximum Gasteiger partial charge on any atom is 0.0873 e. The molecular weight excluding hydrogens is 172 g/mol. The van der Waals surface area contributed by atoms with Gasteiger partial charge in [-0.1, -0.05) is 40.0 Å². The average molecular weight is 198 g/mol. The van der Waals surface area contributed by atoms with E-state index in [0.29, 0.717) is 0 Å². The second kappa shape index (κ2) is 10.6. The number of ether oxygens (including phenoxy) is 1. The third kappa shape index (κ3) is 8.15. The van der Waals surface area contributed by atoms with Crippen molar-refractivity contribution in [3.63, 3.8) is 0 Å². The first-order valence-corrected chi connectivity index (χ1v) is 6.14. The van der Waals surface area contributed by atoms with Gasteiger partial charge in [0.1, 0.15) is 0 Å². The number of hydrogen-bond donors (Lipinski definition) is 0. The fourth-order valence-corrected chi connectivity index (χ4v) is 1.34. The van der Waals surface area contributed by atoms with Gasteiger partial charge in [-0.15, -0.1) is 0 Å². The summed E-state index contributed by atoms with van der Waals surface area (Å²) in [6.45, 7) is 7.55. The minimum absolute atomic E-state index is 0.892. The summed E-state index contributed by atoms with van der Waals surface area (Å²) in [5, 5.41) is 0. The van der Waals surface area contributed by atoms with Gasteiger partial charge < -0.3 is 4.74 Å². The predicted molar refractivity (Wildman–Crippen MR) is 63.4 cm³/mol. The molecule has 84 valence electrons. The van der Waals surface area contributed by atoms with Crippen molar-refractivity contribution in [2.24, 2.45) is 0 Å². The number of allylic oxidation sites excluding steroid dienone is 1. The summed E-state index contributed by atoms with van der Waals surface area (Å²) in [6.07, 6.45) is 10.6. The van der Waals surface area contributed by atoms with E-state index in [4.69, 9.17) is 4.74 Å². The molecule has 0 rings (SSSR count). The molecule has 0 saturated heterocycles. The van der Waals surface area contributed by atoms with E-state index in [1.807, 2.05) is 6.26 Å². The van der Waals surface area contributed by atoms with Crippen LogP contribution in [0.15, 0.2) is 11.8 Å². The summed E-state index contributed by atoms with van der Waals surface area (Å²) in [6, 6.07) is 0. The lowest BCUT2D eigenvalue weighted by atomic mass is 10.1. The summed E-state index contributed by atoms with van der Waals surface area (Å²) < 4.78 is 5.52. The highest BCUT2D eigenvalue weighted by Gasteiger charge is 1.94. The molecule has 0 N–H and O–H groups in total. The first-order valence-electron chi connectivity index (χ1n) is 6.14. The molecule has 0 aliphatic rings. The Morgan fingerprint density at radius 3 is 2.29 bits per heavy atom. The van der Waals surface area contributed by atoms with Gasteiger partial charge in [0, 0.05) is 0 Å². The van der Waals surface area contributed by atoms with Gasteiger partial charge in [-0.3, -0.25) is 0 Å². The maximum atomic E-state index is 5.52. The third-order valence-electron chi connectivity index (χ3n) is 2.42. The standard InChI is InChI=1S/C13H26O/c1-4-7-9-11-14-12-13(6-3)10-8-5-2/h12H,4-11H2,1-3H3. The van der Waals surface area contributed by atoms with Crippen LogP contribution in [0.2, 0.25) is 0 Å². The zero-order valence-electron chi connectivity index (χ0n) is 10.1. The van der Waals surface area contributed by atoms with Crippen molar-refractivity contribution in [2.45, 2.75) is 65.7 Å². The zero-order valence-corrected chi connectivity index (χ0v) is 10.1. The normalized spacial score (nSPS) is 11.8. The monoisotopic (exact) mass is 198 g/mol. The molecule has 0 aromatic heterocycles. The minimum atomic E-state index is 0.892. The van der Waals surface area contributed by atoms with Crippen LogP contribution >= 0.6 is 0 Å². The van der Waals surface area contributed by atoms with Gasteiger partial charge in [0.25, 0.3) is 0 Å². The summed E-state index contributed by atoms with van der Waals surface area (Å²) >= 11 is 0. The predicted octanol–water partition coefficient (Wildman–Crippen LogP) is 4.68. The van der Waals surface area contributed by atoms with Crippen LogP contribution < -0.4 is 0 Å². The van der Waals surface area contributed by atoms with Crippen LogP contribution in [-0.2, 0) is 4.74 Å². The van der Waals surface area contributed by atoms with Crippen molar-refractivity contribution in [1.82, 2.24) is 0 Å². The molecule has 0 aliphatic heterocycles. The highest BCUT2D eigenvalue weighted by atomic mass is 16.5. The minimum Gasteiger partial charge on any atom is -0.501 e. The van der Waals surface area contributed by atoms with E-state index in [1.165, 1.54) is 44.1 Å². The lowest BCUT2D eigenvalue weighted by Crippen LogP contribution is -1.90. The molecule has 0 aliphatic carbocycles. The highest BCUT2D eigenvalue weighted by molar-refractivity contribution is 4.96. The van der Waals surface area contributed by atoms with Gasteiger partial charge in [0.2, 0.25) is 0 Å². The highest BCUT2D eigenvalue weighted by Crippen LogP contribution is 2.11. The van der Waals surface area contributed by atoms with Crippen LogP contribution in [0, 0.1) is 0 Å². The van der Waals surface area contributed by atoms with E-state index in [-0.39, 0.29) is 0 Å². The first kappa shape index (κ1) is 13.5. The van der Waals surface area contributed by atoms with Gasteiger partial charge in [0.05, 0.1) is 12.9 Å². The van der Waals surface area contributed by atoms with Crippen LogP contribution in [0.1, 0.15) is 65.7 Å². The van der Waals surface area contributed by atoms with Gasteiger partial charge in [-0.25, -0.2) is 0 Å². The Kier molecular flexibility index (Phi) is 10.3. The van der Waals surface area contributed by atoms with Crippen molar-refractivity contribution >= 4 is 0 Å². The van der Waals surface area contributed by atoms with Gasteiger partial charge in [-0.2, -0.15) is 0 Å². The smallest absolute Gasteiger partial charge is 0.0873 e. The Labute approximate surface area is 89.5 Å².